The van der Waals surface area contributed by atoms with Crippen LogP contribution in [0.25, 0.3) is 5.69 Å². The van der Waals surface area contributed by atoms with Crippen LogP contribution in [0.1, 0.15) is 35.5 Å². The maximum Gasteiger partial charge on any atom is 0.253 e. The Balaban J connectivity index is 1.86. The average Bonchev–Trinajstić information content (AvgIpc) is 3.02. The van der Waals surface area contributed by atoms with E-state index in [9.17, 15) is 9.59 Å². The van der Waals surface area contributed by atoms with Gasteiger partial charge in [-0.1, -0.05) is 35.9 Å². The first-order valence-electron chi connectivity index (χ1n) is 9.46. The maximum absolute atomic E-state index is 12.9. The molecule has 0 atom stereocenters. The van der Waals surface area contributed by atoms with Crippen LogP contribution in [0.5, 0.6) is 0 Å². The zero-order valence-electron chi connectivity index (χ0n) is 16.9. The minimum Gasteiger partial charge on any atom is -0.350 e. The molecule has 2 aromatic carbocycles. The Morgan fingerprint density at radius 3 is 2.60 bits per heavy atom. The highest BCUT2D eigenvalue weighted by molar-refractivity contribution is 9.10. The Labute approximate surface area is 188 Å². The summed E-state index contributed by atoms with van der Waals surface area (Å²) in [6.45, 7) is 5.63. The third-order valence-electron chi connectivity index (χ3n) is 4.38. The Kier molecular flexibility index (Phi) is 6.95. The molecule has 2 amide bonds. The number of nitrogens with zero attached hydrogens (tertiary/aromatic N) is 2. The van der Waals surface area contributed by atoms with Crippen LogP contribution in [0, 0.1) is 6.92 Å². The van der Waals surface area contributed by atoms with E-state index in [1.165, 1.54) is 0 Å². The average molecular weight is 490 g/mol. The van der Waals surface area contributed by atoms with Crippen LogP contribution in [0.15, 0.2) is 53.1 Å². The molecular weight excluding hydrogens is 468 g/mol. The summed E-state index contributed by atoms with van der Waals surface area (Å²) >= 11 is 9.67. The van der Waals surface area contributed by atoms with Crippen molar-refractivity contribution in [1.29, 1.82) is 0 Å². The highest BCUT2D eigenvalue weighted by Gasteiger charge is 2.18. The van der Waals surface area contributed by atoms with Gasteiger partial charge in [0.25, 0.3) is 5.91 Å². The molecule has 0 radical (unpaired) electrons. The number of para-hydroxylation sites is 2. The number of anilines is 1. The van der Waals surface area contributed by atoms with Crippen molar-refractivity contribution in [2.45, 2.75) is 33.2 Å². The number of aromatic nitrogens is 2. The van der Waals surface area contributed by atoms with Gasteiger partial charge in [0.05, 0.1) is 34.1 Å². The van der Waals surface area contributed by atoms with Crippen molar-refractivity contribution in [2.24, 2.45) is 0 Å². The number of carbonyl (C=O) groups is 2. The second-order valence-corrected chi connectivity index (χ2v) is 8.39. The number of hydrogen-bond acceptors (Lipinski definition) is 3. The zero-order valence-corrected chi connectivity index (χ0v) is 19.2. The molecule has 0 spiro atoms. The number of nitrogens with one attached hydrogen (secondary N) is 2. The summed E-state index contributed by atoms with van der Waals surface area (Å²) in [5.41, 5.74) is 3.08. The highest BCUT2D eigenvalue weighted by atomic mass is 79.9. The van der Waals surface area contributed by atoms with E-state index < -0.39 is 0 Å². The van der Waals surface area contributed by atoms with E-state index in [4.69, 9.17) is 11.6 Å². The van der Waals surface area contributed by atoms with Gasteiger partial charge in [-0.2, -0.15) is 5.10 Å². The summed E-state index contributed by atoms with van der Waals surface area (Å²) in [5.74, 6) is -0.489. The lowest BCUT2D eigenvalue weighted by molar-refractivity contribution is -0.115. The largest absolute Gasteiger partial charge is 0.350 e. The number of halogens is 2. The molecule has 1 aromatic heterocycles. The fourth-order valence-electron chi connectivity index (χ4n) is 3.06. The number of rotatable bonds is 6. The van der Waals surface area contributed by atoms with Crippen LogP contribution in [0.2, 0.25) is 5.02 Å². The van der Waals surface area contributed by atoms with Crippen molar-refractivity contribution in [3.63, 3.8) is 0 Å². The first-order valence-corrected chi connectivity index (χ1v) is 10.6. The standard InChI is InChI=1S/C22H22BrClN4O2/c1-13(2)25-22(30)16-8-6-7-14(3)21(16)26-20(29)12-15-11-19(23)27-28(15)18-10-5-4-9-17(18)24/h4-11,13H,12H2,1-3H3,(H,25,30)(H,26,29). The van der Waals surface area contributed by atoms with Gasteiger partial charge in [0.15, 0.2) is 0 Å². The van der Waals surface area contributed by atoms with Gasteiger partial charge in [-0.3, -0.25) is 9.59 Å². The van der Waals surface area contributed by atoms with E-state index in [0.717, 1.165) is 5.56 Å². The second kappa shape index (κ2) is 9.45. The molecule has 156 valence electrons. The van der Waals surface area contributed by atoms with Gasteiger partial charge in [0, 0.05) is 6.04 Å². The molecule has 0 saturated heterocycles. The lowest BCUT2D eigenvalue weighted by Gasteiger charge is -2.15. The minimum absolute atomic E-state index is 0.0103. The monoisotopic (exact) mass is 488 g/mol. The van der Waals surface area contributed by atoms with Gasteiger partial charge in [0.2, 0.25) is 5.91 Å². The summed E-state index contributed by atoms with van der Waals surface area (Å²) in [6.07, 6.45) is 0.0589. The van der Waals surface area contributed by atoms with Crippen LogP contribution < -0.4 is 10.6 Å². The van der Waals surface area contributed by atoms with Gasteiger partial charge in [-0.25, -0.2) is 4.68 Å². The van der Waals surface area contributed by atoms with Crippen molar-refractivity contribution in [3.05, 3.63) is 75.0 Å². The first kappa shape index (κ1) is 22.1. The van der Waals surface area contributed by atoms with E-state index in [0.29, 0.717) is 32.3 Å². The van der Waals surface area contributed by atoms with Crippen LogP contribution in [-0.4, -0.2) is 27.6 Å². The molecule has 30 heavy (non-hydrogen) atoms. The molecule has 0 saturated carbocycles. The number of amides is 2. The van der Waals surface area contributed by atoms with Crippen LogP contribution in [0.3, 0.4) is 0 Å². The molecule has 8 heteroatoms. The van der Waals surface area contributed by atoms with Gasteiger partial charge >= 0.3 is 0 Å². The number of hydrogen-bond donors (Lipinski definition) is 2. The molecule has 1 heterocycles. The molecule has 0 unspecified atom stereocenters. The topological polar surface area (TPSA) is 76.0 Å². The summed E-state index contributed by atoms with van der Waals surface area (Å²) in [4.78, 5) is 25.4. The number of aryl methyl sites for hydroxylation is 1. The summed E-state index contributed by atoms with van der Waals surface area (Å²) in [5, 5.41) is 10.7. The van der Waals surface area contributed by atoms with Gasteiger partial charge in [-0.05, 0) is 66.5 Å². The second-order valence-electron chi connectivity index (χ2n) is 7.17. The number of benzene rings is 2. The van der Waals surface area contributed by atoms with Crippen molar-refractivity contribution in [3.8, 4) is 5.69 Å². The molecule has 0 bridgehead atoms. The Morgan fingerprint density at radius 2 is 1.90 bits per heavy atom. The summed E-state index contributed by atoms with van der Waals surface area (Å²) in [6, 6.07) is 14.4. The van der Waals surface area contributed by atoms with Crippen molar-refractivity contribution < 1.29 is 9.59 Å². The Hall–Kier alpha value is -2.64. The molecule has 0 aliphatic heterocycles. The predicted molar refractivity (Wildman–Crippen MR) is 122 cm³/mol. The fraction of sp³-hybridized carbons (Fsp3) is 0.227. The van der Waals surface area contributed by atoms with Crippen molar-refractivity contribution in [1.82, 2.24) is 15.1 Å². The third-order valence-corrected chi connectivity index (χ3v) is 5.08. The molecule has 6 nitrogen and oxygen atoms in total. The predicted octanol–water partition coefficient (Wildman–Crippen LogP) is 4.92. The molecule has 3 rings (SSSR count). The third kappa shape index (κ3) is 5.09. The molecule has 3 aromatic rings. The van der Waals surface area contributed by atoms with Gasteiger partial charge in [0.1, 0.15) is 4.60 Å². The van der Waals surface area contributed by atoms with E-state index in [2.05, 4.69) is 31.7 Å². The quantitative estimate of drug-likeness (QED) is 0.516. The molecule has 2 N–H and O–H groups in total. The van der Waals surface area contributed by atoms with Crippen LogP contribution in [0.4, 0.5) is 5.69 Å². The lowest BCUT2D eigenvalue weighted by atomic mass is 10.1. The molecular formula is C22H22BrClN4O2. The number of carbonyl (C=O) groups excluding carboxylic acids is 2. The molecule has 0 fully saturated rings. The normalized spacial score (nSPS) is 10.9. The van der Waals surface area contributed by atoms with E-state index >= 15 is 0 Å². The smallest absolute Gasteiger partial charge is 0.253 e. The van der Waals surface area contributed by atoms with E-state index in [1.54, 1.807) is 28.9 Å². The van der Waals surface area contributed by atoms with Crippen molar-refractivity contribution >= 4 is 45.0 Å². The highest BCUT2D eigenvalue weighted by Crippen LogP contribution is 2.25. The van der Waals surface area contributed by atoms with Gasteiger partial charge in [-0.15, -0.1) is 0 Å². The Morgan fingerprint density at radius 1 is 1.17 bits per heavy atom. The Bertz CT molecular complexity index is 1090. The first-order chi connectivity index (χ1) is 14.3. The summed E-state index contributed by atoms with van der Waals surface area (Å²) in [7, 11) is 0. The SMILES string of the molecule is Cc1cccc(C(=O)NC(C)C)c1NC(=O)Cc1cc(Br)nn1-c1ccccc1Cl. The zero-order chi connectivity index (χ0) is 21.8. The molecule has 0 aliphatic rings. The van der Waals surface area contributed by atoms with E-state index in [1.807, 2.05) is 45.0 Å². The minimum atomic E-state index is -0.261. The van der Waals surface area contributed by atoms with Gasteiger partial charge < -0.3 is 10.6 Å². The maximum atomic E-state index is 12.9. The lowest BCUT2D eigenvalue weighted by Crippen LogP contribution is -2.31. The fourth-order valence-corrected chi connectivity index (χ4v) is 3.69. The van der Waals surface area contributed by atoms with Crippen molar-refractivity contribution in [2.75, 3.05) is 5.32 Å². The van der Waals surface area contributed by atoms with E-state index in [-0.39, 0.29) is 24.3 Å². The van der Waals surface area contributed by atoms with Crippen LogP contribution in [-0.2, 0) is 11.2 Å². The molecule has 0 aliphatic carbocycles. The van der Waals surface area contributed by atoms with Crippen LogP contribution >= 0.6 is 27.5 Å². The summed E-state index contributed by atoms with van der Waals surface area (Å²) < 4.78 is 2.23.